The fourth-order valence-electron chi connectivity index (χ4n) is 1.42. The Morgan fingerprint density at radius 3 is 2.67 bits per heavy atom. The number of nitrogens with one attached hydrogen (secondary N) is 2. The molecule has 18 heavy (non-hydrogen) atoms. The van der Waals surface area contributed by atoms with Crippen molar-refractivity contribution in [3.05, 3.63) is 18.0 Å². The van der Waals surface area contributed by atoms with Gasteiger partial charge in [0.15, 0.2) is 5.96 Å². The molecule has 2 N–H and O–H groups in total. The van der Waals surface area contributed by atoms with E-state index >= 15 is 0 Å². The van der Waals surface area contributed by atoms with Gasteiger partial charge in [-0.2, -0.15) is 5.10 Å². The second kappa shape index (κ2) is 7.03. The number of hydrogen-bond acceptors (Lipinski definition) is 2. The molecule has 0 saturated heterocycles. The first-order chi connectivity index (χ1) is 8.54. The van der Waals surface area contributed by atoms with Crippen LogP contribution in [0.4, 0.5) is 0 Å². The van der Waals surface area contributed by atoms with Crippen molar-refractivity contribution in [3.63, 3.8) is 0 Å². The summed E-state index contributed by atoms with van der Waals surface area (Å²) in [7, 11) is 1.93. The van der Waals surface area contributed by atoms with Gasteiger partial charge in [0.1, 0.15) is 0 Å². The molecule has 0 aliphatic carbocycles. The summed E-state index contributed by atoms with van der Waals surface area (Å²) in [5.41, 5.74) is 1.10. The minimum atomic E-state index is 0.398. The first kappa shape index (κ1) is 14.5. The summed E-state index contributed by atoms with van der Waals surface area (Å²) >= 11 is 0. The van der Waals surface area contributed by atoms with Gasteiger partial charge in [-0.25, -0.2) is 4.99 Å². The highest BCUT2D eigenvalue weighted by Crippen LogP contribution is 2.01. The van der Waals surface area contributed by atoms with Crippen LogP contribution >= 0.6 is 0 Å². The predicted octanol–water partition coefficient (Wildman–Crippen LogP) is 1.52. The zero-order chi connectivity index (χ0) is 13.5. The third-order valence-corrected chi connectivity index (χ3v) is 3.03. The molecule has 0 radical (unpaired) electrons. The Morgan fingerprint density at radius 2 is 2.17 bits per heavy atom. The van der Waals surface area contributed by atoms with E-state index in [1.807, 2.05) is 17.8 Å². The second-order valence-electron chi connectivity index (χ2n) is 4.82. The highest BCUT2D eigenvalue weighted by atomic mass is 15.3. The van der Waals surface area contributed by atoms with Crippen molar-refractivity contribution in [1.29, 1.82) is 0 Å². The highest BCUT2D eigenvalue weighted by Gasteiger charge is 2.08. The summed E-state index contributed by atoms with van der Waals surface area (Å²) in [5, 5.41) is 10.8. The lowest BCUT2D eigenvalue weighted by Crippen LogP contribution is -2.44. The third kappa shape index (κ3) is 4.39. The molecule has 0 saturated carbocycles. The minimum Gasteiger partial charge on any atom is -0.357 e. The summed E-state index contributed by atoms with van der Waals surface area (Å²) in [6.45, 7) is 10.1. The average molecular weight is 251 g/mol. The highest BCUT2D eigenvalue weighted by molar-refractivity contribution is 5.80. The van der Waals surface area contributed by atoms with Crippen LogP contribution in [0.15, 0.2) is 17.3 Å². The lowest BCUT2D eigenvalue weighted by Gasteiger charge is -2.20. The molecule has 0 aromatic carbocycles. The van der Waals surface area contributed by atoms with Crippen LogP contribution in [0.2, 0.25) is 0 Å². The van der Waals surface area contributed by atoms with E-state index in [4.69, 9.17) is 0 Å². The van der Waals surface area contributed by atoms with E-state index in [2.05, 4.69) is 48.4 Å². The molecule has 1 aromatic rings. The van der Waals surface area contributed by atoms with E-state index in [-0.39, 0.29) is 0 Å². The Kier molecular flexibility index (Phi) is 5.68. The van der Waals surface area contributed by atoms with Gasteiger partial charge in [-0.3, -0.25) is 4.68 Å². The van der Waals surface area contributed by atoms with Crippen LogP contribution in [0, 0.1) is 5.92 Å². The number of hydrogen-bond donors (Lipinski definition) is 2. The molecule has 1 aromatic heterocycles. The maximum atomic E-state index is 4.57. The van der Waals surface area contributed by atoms with Gasteiger partial charge in [0.25, 0.3) is 0 Å². The zero-order valence-corrected chi connectivity index (χ0v) is 12.1. The molecule has 0 aliphatic rings. The number of rotatable bonds is 5. The molecular weight excluding hydrogens is 226 g/mol. The Hall–Kier alpha value is -1.52. The Labute approximate surface area is 110 Å². The molecule has 0 spiro atoms. The first-order valence-corrected chi connectivity index (χ1v) is 6.56. The van der Waals surface area contributed by atoms with Crippen molar-refractivity contribution in [1.82, 2.24) is 20.4 Å². The molecule has 1 atom stereocenters. The summed E-state index contributed by atoms with van der Waals surface area (Å²) in [4.78, 5) is 4.57. The van der Waals surface area contributed by atoms with Crippen molar-refractivity contribution in [2.24, 2.45) is 18.0 Å². The van der Waals surface area contributed by atoms with E-state index in [1.165, 1.54) is 0 Å². The smallest absolute Gasteiger partial charge is 0.191 e. The number of guanidine groups is 1. The minimum absolute atomic E-state index is 0.398. The lowest BCUT2D eigenvalue weighted by molar-refractivity contribution is 0.480. The molecule has 1 rings (SSSR count). The van der Waals surface area contributed by atoms with Crippen LogP contribution in [0.5, 0.6) is 0 Å². The molecular formula is C13H25N5. The number of aromatic nitrogens is 2. The van der Waals surface area contributed by atoms with Gasteiger partial charge in [-0.15, -0.1) is 0 Å². The summed E-state index contributed by atoms with van der Waals surface area (Å²) in [6.07, 6.45) is 1.79. The van der Waals surface area contributed by atoms with Gasteiger partial charge in [0.2, 0.25) is 0 Å². The first-order valence-electron chi connectivity index (χ1n) is 6.56. The van der Waals surface area contributed by atoms with E-state index in [1.54, 1.807) is 6.20 Å². The van der Waals surface area contributed by atoms with Crippen LogP contribution in [0.25, 0.3) is 0 Å². The molecule has 5 nitrogen and oxygen atoms in total. The van der Waals surface area contributed by atoms with E-state index in [0.29, 0.717) is 18.5 Å². The van der Waals surface area contributed by atoms with Gasteiger partial charge in [0.05, 0.1) is 12.2 Å². The topological polar surface area (TPSA) is 54.2 Å². The van der Waals surface area contributed by atoms with Crippen LogP contribution < -0.4 is 10.6 Å². The Bertz CT molecular complexity index is 380. The van der Waals surface area contributed by atoms with Crippen molar-refractivity contribution in [2.45, 2.75) is 40.3 Å². The molecule has 0 bridgehead atoms. The van der Waals surface area contributed by atoms with Crippen molar-refractivity contribution in [2.75, 3.05) is 6.54 Å². The van der Waals surface area contributed by atoms with E-state index in [0.717, 1.165) is 18.2 Å². The quantitative estimate of drug-likeness (QED) is 0.616. The Balaban J connectivity index is 2.63. The maximum absolute atomic E-state index is 4.57. The standard InChI is InChI=1S/C13H25N5/c1-6-14-13(17-11(4)10(2)3)15-9-12-7-8-16-18(12)5/h7-8,10-11H,6,9H2,1-5H3,(H2,14,15,17). The molecule has 1 unspecified atom stereocenters. The molecule has 0 fully saturated rings. The number of aliphatic imine (C=N–C) groups is 1. The molecule has 0 amide bonds. The SMILES string of the molecule is CCNC(=NCc1ccnn1C)NC(C)C(C)C. The molecule has 0 aliphatic heterocycles. The third-order valence-electron chi connectivity index (χ3n) is 3.03. The summed E-state index contributed by atoms with van der Waals surface area (Å²) < 4.78 is 1.85. The van der Waals surface area contributed by atoms with Crippen LogP contribution in [-0.4, -0.2) is 28.3 Å². The Morgan fingerprint density at radius 1 is 1.44 bits per heavy atom. The summed E-state index contributed by atoms with van der Waals surface area (Å²) in [6, 6.07) is 2.38. The maximum Gasteiger partial charge on any atom is 0.191 e. The fraction of sp³-hybridized carbons (Fsp3) is 0.692. The van der Waals surface area contributed by atoms with E-state index < -0.39 is 0 Å². The van der Waals surface area contributed by atoms with Crippen LogP contribution in [0.3, 0.4) is 0 Å². The van der Waals surface area contributed by atoms with E-state index in [9.17, 15) is 0 Å². The number of aryl methyl sites for hydroxylation is 1. The van der Waals surface area contributed by atoms with Crippen LogP contribution in [-0.2, 0) is 13.6 Å². The average Bonchev–Trinajstić information content (AvgIpc) is 2.72. The number of nitrogens with zero attached hydrogens (tertiary/aromatic N) is 3. The van der Waals surface area contributed by atoms with Crippen molar-refractivity contribution < 1.29 is 0 Å². The monoisotopic (exact) mass is 251 g/mol. The van der Waals surface area contributed by atoms with Gasteiger partial charge < -0.3 is 10.6 Å². The van der Waals surface area contributed by atoms with Gasteiger partial charge in [-0.1, -0.05) is 13.8 Å². The molecule has 5 heteroatoms. The van der Waals surface area contributed by atoms with Gasteiger partial charge in [0, 0.05) is 25.8 Å². The zero-order valence-electron chi connectivity index (χ0n) is 12.1. The van der Waals surface area contributed by atoms with Crippen molar-refractivity contribution in [3.8, 4) is 0 Å². The van der Waals surface area contributed by atoms with Crippen LogP contribution in [0.1, 0.15) is 33.4 Å². The predicted molar refractivity (Wildman–Crippen MR) is 75.5 cm³/mol. The molecule has 1 heterocycles. The fourth-order valence-corrected chi connectivity index (χ4v) is 1.42. The van der Waals surface area contributed by atoms with Crippen molar-refractivity contribution >= 4 is 5.96 Å². The van der Waals surface area contributed by atoms with Gasteiger partial charge >= 0.3 is 0 Å². The largest absolute Gasteiger partial charge is 0.357 e. The normalized spacial score (nSPS) is 13.8. The summed E-state index contributed by atoms with van der Waals surface area (Å²) in [5.74, 6) is 1.44. The lowest BCUT2D eigenvalue weighted by atomic mass is 10.1. The second-order valence-corrected chi connectivity index (χ2v) is 4.82. The molecule has 102 valence electrons. The van der Waals surface area contributed by atoms with Gasteiger partial charge in [-0.05, 0) is 25.8 Å².